The van der Waals surface area contributed by atoms with Crippen molar-refractivity contribution in [3.05, 3.63) is 39.4 Å². The molecule has 4 rings (SSSR count). The number of hydrogen-bond donors (Lipinski definition) is 1. The van der Waals surface area contributed by atoms with Gasteiger partial charge in [-0.3, -0.25) is 0 Å². The van der Waals surface area contributed by atoms with E-state index in [1.807, 2.05) is 0 Å². The molecule has 0 spiro atoms. The summed E-state index contributed by atoms with van der Waals surface area (Å²) in [5, 5.41) is 0. The molecule has 30 heavy (non-hydrogen) atoms. The summed E-state index contributed by atoms with van der Waals surface area (Å²) in [4.78, 5) is 8.20. The zero-order valence-corrected chi connectivity index (χ0v) is 20.4. The van der Waals surface area contributed by atoms with Gasteiger partial charge in [-0.2, -0.15) is 5.69 Å². The Morgan fingerprint density at radius 3 is 1.73 bits per heavy atom. The maximum Gasteiger partial charge on any atom is 1.00 e. The number of ether oxygens (including phenoxy) is 2. The van der Waals surface area contributed by atoms with Crippen LogP contribution in [-0.2, 0) is 15.9 Å². The van der Waals surface area contributed by atoms with Crippen LogP contribution in [0.15, 0.2) is 16.8 Å². The molecule has 3 aliphatic rings. The second-order valence-electron chi connectivity index (χ2n) is 7.94. The molecule has 1 N–H and O–H groups in total. The van der Waals surface area contributed by atoms with Crippen molar-refractivity contribution in [3.8, 4) is 0 Å². The van der Waals surface area contributed by atoms with Crippen LogP contribution in [0.3, 0.4) is 0 Å². The Morgan fingerprint density at radius 2 is 1.40 bits per heavy atom. The van der Waals surface area contributed by atoms with E-state index in [-0.39, 0.29) is 18.9 Å². The van der Waals surface area contributed by atoms with Crippen molar-refractivity contribution in [1.82, 2.24) is 4.98 Å². The van der Waals surface area contributed by atoms with Crippen molar-refractivity contribution in [2.24, 2.45) is 0 Å². The van der Waals surface area contributed by atoms with Gasteiger partial charge in [-0.25, -0.2) is 4.99 Å². The summed E-state index contributed by atoms with van der Waals surface area (Å²) in [5.41, 5.74) is 10.3. The Morgan fingerprint density at radius 1 is 0.867 bits per heavy atom. The third kappa shape index (κ3) is 7.57. The molecular formula is C25H40LiN2O2+. The molecule has 3 aliphatic heterocycles. The second-order valence-corrected chi connectivity index (χ2v) is 7.94. The first-order chi connectivity index (χ1) is 14.0. The third-order valence-electron chi connectivity index (χ3n) is 5.84. The minimum absolute atomic E-state index is 0. The van der Waals surface area contributed by atoms with Gasteiger partial charge in [0.2, 0.25) is 5.70 Å². The predicted octanol–water partition coefficient (Wildman–Crippen LogP) is 1.04. The molecule has 1 aromatic rings. The summed E-state index contributed by atoms with van der Waals surface area (Å²) in [6.07, 6.45) is 9.44. The van der Waals surface area contributed by atoms with Crippen LogP contribution in [0.1, 0.15) is 82.3 Å². The molecule has 1 aromatic heterocycles. The summed E-state index contributed by atoms with van der Waals surface area (Å²) >= 11 is 0. The smallest absolute Gasteiger partial charge is 0.661 e. The van der Waals surface area contributed by atoms with E-state index in [1.54, 1.807) is 0 Å². The summed E-state index contributed by atoms with van der Waals surface area (Å²) in [6, 6.07) is 0. The van der Waals surface area contributed by atoms with Gasteiger partial charge >= 0.3 is 18.9 Å². The fourth-order valence-corrected chi connectivity index (χ4v) is 4.07. The van der Waals surface area contributed by atoms with Crippen LogP contribution in [-0.4, -0.2) is 32.1 Å². The maximum atomic E-state index is 4.94. The fourth-order valence-electron chi connectivity index (χ4n) is 4.07. The first-order valence-corrected chi connectivity index (χ1v) is 11.3. The van der Waals surface area contributed by atoms with Crippen molar-refractivity contribution < 1.29 is 33.3 Å². The molecule has 2 saturated heterocycles. The second kappa shape index (κ2) is 14.1. The monoisotopic (exact) mass is 407 g/mol. The number of aromatic nitrogens is 1. The molecule has 0 radical (unpaired) electrons. The van der Waals surface area contributed by atoms with Crippen LogP contribution >= 0.6 is 0 Å². The molecule has 0 amide bonds. The van der Waals surface area contributed by atoms with Crippen molar-refractivity contribution in [2.45, 2.75) is 80.1 Å². The van der Waals surface area contributed by atoms with Crippen LogP contribution in [0.25, 0.3) is 6.08 Å². The van der Waals surface area contributed by atoms with Crippen LogP contribution in [0.4, 0.5) is 0 Å². The Labute approximate surface area is 195 Å². The first kappa shape index (κ1) is 27.0. The number of rotatable bonds is 3. The zero-order valence-electron chi connectivity index (χ0n) is 20.4. The minimum atomic E-state index is 0. The Bertz CT molecular complexity index is 726. The molecule has 4 nitrogen and oxygen atoms in total. The van der Waals surface area contributed by atoms with Crippen LogP contribution in [0.2, 0.25) is 0 Å². The van der Waals surface area contributed by atoms with Gasteiger partial charge in [-0.05, 0) is 58.4 Å². The number of nitrogens with zero attached hydrogens (tertiary/aromatic N) is 1. The van der Waals surface area contributed by atoms with E-state index in [0.717, 1.165) is 45.0 Å². The molecular weight excluding hydrogens is 367 g/mol. The molecule has 0 aliphatic carbocycles. The van der Waals surface area contributed by atoms with Crippen LogP contribution < -0.4 is 28.8 Å². The predicted molar refractivity (Wildman–Crippen MR) is 121 cm³/mol. The first-order valence-electron chi connectivity index (χ1n) is 11.3. The number of nitrogens with one attached hydrogen (secondary N) is 1. The number of hydrogen-bond acceptors (Lipinski definition) is 2. The molecule has 162 valence electrons. The normalized spacial score (nSPS) is 19.1. The standard InChI is InChI=1S/C17H23N2.2C4H8O.Li/c1-7-14-10(3)16(18-12(14)5)9-17-11(4)15(8-2)13(6)19-17;2*1-2-4-5-3-1;/h9H,7-8H2,1-6H3;2*1-4H2;/q-1;;;+1/p+1/b16-9-;;;. The van der Waals surface area contributed by atoms with Gasteiger partial charge in [0, 0.05) is 44.5 Å². The van der Waals surface area contributed by atoms with E-state index in [1.165, 1.54) is 65.1 Å². The quantitative estimate of drug-likeness (QED) is 0.762. The third-order valence-corrected chi connectivity index (χ3v) is 5.84. The molecule has 0 saturated carbocycles. The molecule has 2 fully saturated rings. The van der Waals surface area contributed by atoms with Gasteiger partial charge in [-0.1, -0.05) is 31.9 Å². The Kier molecular flexibility index (Phi) is 12.7. The van der Waals surface area contributed by atoms with Crippen molar-refractivity contribution in [3.63, 3.8) is 0 Å². The summed E-state index contributed by atoms with van der Waals surface area (Å²) in [7, 11) is 0. The molecule has 0 aromatic carbocycles. The topological polar surface area (TPSA) is 46.5 Å². The van der Waals surface area contributed by atoms with E-state index < -0.39 is 0 Å². The Hall–Kier alpha value is -1.05. The van der Waals surface area contributed by atoms with Crippen LogP contribution in [0.5, 0.6) is 0 Å². The molecule has 5 heteroatoms. The molecule has 0 atom stereocenters. The van der Waals surface area contributed by atoms with E-state index in [9.17, 15) is 0 Å². The fraction of sp³-hybridized carbons (Fsp3) is 0.640. The van der Waals surface area contributed by atoms with E-state index in [4.69, 9.17) is 14.5 Å². The van der Waals surface area contributed by atoms with Crippen molar-refractivity contribution in [1.29, 1.82) is 0 Å². The zero-order chi connectivity index (χ0) is 21.2. The van der Waals surface area contributed by atoms with Gasteiger partial charge in [0.1, 0.15) is 0 Å². The van der Waals surface area contributed by atoms with Gasteiger partial charge in [0.25, 0.3) is 0 Å². The van der Waals surface area contributed by atoms with Gasteiger partial charge in [0.15, 0.2) is 5.71 Å². The summed E-state index contributed by atoms with van der Waals surface area (Å²) in [5.74, 6) is 0. The Balaban J connectivity index is 0.000000333. The van der Waals surface area contributed by atoms with E-state index >= 15 is 0 Å². The maximum absolute atomic E-state index is 4.94. The minimum Gasteiger partial charge on any atom is -0.661 e. The van der Waals surface area contributed by atoms with Gasteiger partial charge < -0.3 is 14.5 Å². The average molecular weight is 408 g/mol. The van der Waals surface area contributed by atoms with E-state index in [0.29, 0.717) is 0 Å². The molecule has 4 heterocycles. The average Bonchev–Trinajstić information content (AvgIpc) is 3.50. The summed E-state index contributed by atoms with van der Waals surface area (Å²) in [6.45, 7) is 17.0. The number of aryl methyl sites for hydroxylation is 1. The van der Waals surface area contributed by atoms with Gasteiger partial charge in [-0.15, -0.1) is 5.69 Å². The molecule has 0 unspecified atom stereocenters. The number of allylic oxidation sites excluding steroid dienone is 2. The molecule has 0 bridgehead atoms. The van der Waals surface area contributed by atoms with Crippen LogP contribution in [0, 0.1) is 13.8 Å². The SMILES string of the molecule is C1CCOC1.C1CCOC1.CCC1=C(C)/C(=C/c2[n-]c(C)c(CC)c2C)[NH+]=C1C.[Li+]. The van der Waals surface area contributed by atoms with Gasteiger partial charge in [0.05, 0.1) is 0 Å². The van der Waals surface area contributed by atoms with E-state index in [2.05, 4.69) is 52.6 Å². The summed E-state index contributed by atoms with van der Waals surface area (Å²) < 4.78 is 9.89. The van der Waals surface area contributed by atoms with Crippen molar-refractivity contribution >= 4 is 11.8 Å². The van der Waals surface area contributed by atoms with Crippen molar-refractivity contribution in [2.75, 3.05) is 26.4 Å². The largest absolute Gasteiger partial charge is 1.00 e.